The summed E-state index contributed by atoms with van der Waals surface area (Å²) in [4.78, 5) is 11.1. The minimum Gasteiger partial charge on any atom is -0.507 e. The zero-order valence-electron chi connectivity index (χ0n) is 8.71. The smallest absolute Gasteiger partial charge is 0.163 e. The quantitative estimate of drug-likeness (QED) is 0.857. The van der Waals surface area contributed by atoms with E-state index in [1.165, 1.54) is 13.0 Å². The van der Waals surface area contributed by atoms with Crippen LogP contribution >= 0.6 is 15.9 Å². The van der Waals surface area contributed by atoms with E-state index in [1.807, 2.05) is 6.92 Å². The fourth-order valence-electron chi connectivity index (χ4n) is 1.15. The molecule has 1 aromatic carbocycles. The van der Waals surface area contributed by atoms with Crippen molar-refractivity contribution in [2.45, 2.75) is 20.3 Å². The molecule has 0 radical (unpaired) electrons. The predicted octanol–water partition coefficient (Wildman–Crippen LogP) is 3.15. The van der Waals surface area contributed by atoms with Gasteiger partial charge in [0.2, 0.25) is 0 Å². The maximum atomic E-state index is 11.1. The average molecular weight is 273 g/mol. The van der Waals surface area contributed by atoms with E-state index >= 15 is 0 Å². The Balaban J connectivity index is 3.02. The number of aromatic hydroxyl groups is 1. The van der Waals surface area contributed by atoms with E-state index in [1.54, 1.807) is 6.07 Å². The van der Waals surface area contributed by atoms with E-state index in [4.69, 9.17) is 4.74 Å². The third kappa shape index (κ3) is 2.96. The lowest BCUT2D eigenvalue weighted by Gasteiger charge is -2.09. The molecule has 0 aliphatic carbocycles. The van der Waals surface area contributed by atoms with Gasteiger partial charge in [-0.25, -0.2) is 0 Å². The maximum absolute atomic E-state index is 11.1. The topological polar surface area (TPSA) is 46.5 Å². The Morgan fingerprint density at radius 3 is 2.73 bits per heavy atom. The molecule has 4 heteroatoms. The molecule has 1 N–H and O–H groups in total. The second kappa shape index (κ2) is 5.16. The zero-order valence-corrected chi connectivity index (χ0v) is 10.3. The second-order valence-corrected chi connectivity index (χ2v) is 4.06. The number of phenols is 1. The first-order chi connectivity index (χ1) is 7.06. The highest BCUT2D eigenvalue weighted by molar-refractivity contribution is 9.10. The average Bonchev–Trinajstić information content (AvgIpc) is 2.18. The van der Waals surface area contributed by atoms with Gasteiger partial charge in [-0.1, -0.05) is 6.92 Å². The molecule has 0 aromatic heterocycles. The summed E-state index contributed by atoms with van der Waals surface area (Å²) in [5.74, 6) is 0.339. The lowest BCUT2D eigenvalue weighted by molar-refractivity contribution is 0.101. The fourth-order valence-corrected chi connectivity index (χ4v) is 1.61. The molecule has 0 aliphatic rings. The number of hydrogen-bond acceptors (Lipinski definition) is 3. The molecular weight excluding hydrogens is 260 g/mol. The Bertz CT molecular complexity index is 374. The highest BCUT2D eigenvalue weighted by Crippen LogP contribution is 2.32. The van der Waals surface area contributed by atoms with Gasteiger partial charge in [-0.3, -0.25) is 4.79 Å². The van der Waals surface area contributed by atoms with Gasteiger partial charge in [-0.15, -0.1) is 0 Å². The third-order valence-corrected chi connectivity index (χ3v) is 2.51. The molecule has 1 aromatic rings. The van der Waals surface area contributed by atoms with Crippen LogP contribution in [0.3, 0.4) is 0 Å². The molecule has 15 heavy (non-hydrogen) atoms. The molecule has 1 rings (SSSR count). The number of rotatable bonds is 4. The standard InChI is InChI=1S/C11H13BrO3/c1-3-4-15-11-6-10(14)8(7(2)13)5-9(11)12/h5-6,14H,3-4H2,1-2H3. The van der Waals surface area contributed by atoms with E-state index in [0.717, 1.165) is 6.42 Å². The molecular formula is C11H13BrO3. The van der Waals surface area contributed by atoms with Crippen LogP contribution in [0.1, 0.15) is 30.6 Å². The van der Waals surface area contributed by atoms with Gasteiger partial charge >= 0.3 is 0 Å². The highest BCUT2D eigenvalue weighted by atomic mass is 79.9. The predicted molar refractivity (Wildman–Crippen MR) is 61.6 cm³/mol. The van der Waals surface area contributed by atoms with Crippen molar-refractivity contribution in [1.82, 2.24) is 0 Å². The molecule has 82 valence electrons. The van der Waals surface area contributed by atoms with Gasteiger partial charge < -0.3 is 9.84 Å². The van der Waals surface area contributed by atoms with Crippen LogP contribution in [0.15, 0.2) is 16.6 Å². The van der Waals surface area contributed by atoms with Gasteiger partial charge in [-0.05, 0) is 35.3 Å². The zero-order chi connectivity index (χ0) is 11.4. The highest BCUT2D eigenvalue weighted by Gasteiger charge is 2.11. The molecule has 0 saturated heterocycles. The number of ether oxygens (including phenoxy) is 1. The van der Waals surface area contributed by atoms with Gasteiger partial charge in [-0.2, -0.15) is 0 Å². The van der Waals surface area contributed by atoms with Gasteiger partial charge in [0, 0.05) is 6.07 Å². The summed E-state index contributed by atoms with van der Waals surface area (Å²) in [5.41, 5.74) is 0.297. The Morgan fingerprint density at radius 1 is 1.53 bits per heavy atom. The normalized spacial score (nSPS) is 10.1. The lowest BCUT2D eigenvalue weighted by atomic mass is 10.1. The van der Waals surface area contributed by atoms with Crippen molar-refractivity contribution in [3.8, 4) is 11.5 Å². The molecule has 0 bridgehead atoms. The fraction of sp³-hybridized carbons (Fsp3) is 0.364. The number of carbonyl (C=O) groups excluding carboxylic acids is 1. The van der Waals surface area contributed by atoms with E-state index in [9.17, 15) is 9.90 Å². The van der Waals surface area contributed by atoms with Crippen LogP contribution < -0.4 is 4.74 Å². The summed E-state index contributed by atoms with van der Waals surface area (Å²) in [5, 5.41) is 9.56. The molecule has 0 heterocycles. The first-order valence-corrected chi connectivity index (χ1v) is 5.51. The lowest BCUT2D eigenvalue weighted by Crippen LogP contribution is -1.98. The molecule has 0 spiro atoms. The minimum atomic E-state index is -0.171. The van der Waals surface area contributed by atoms with Gasteiger partial charge in [0.1, 0.15) is 11.5 Å². The largest absolute Gasteiger partial charge is 0.507 e. The van der Waals surface area contributed by atoms with Crippen LogP contribution in [-0.2, 0) is 0 Å². The van der Waals surface area contributed by atoms with E-state index in [2.05, 4.69) is 15.9 Å². The summed E-state index contributed by atoms with van der Waals surface area (Å²) in [6, 6.07) is 3.03. The number of Topliss-reactive ketones (excluding diaryl/α,β-unsaturated/α-hetero) is 1. The van der Waals surface area contributed by atoms with Crippen molar-refractivity contribution in [2.75, 3.05) is 6.61 Å². The Labute approximate surface area is 97.2 Å². The molecule has 0 fully saturated rings. The minimum absolute atomic E-state index is 0.0446. The summed E-state index contributed by atoms with van der Waals surface area (Å²) in [6.45, 7) is 3.99. The second-order valence-electron chi connectivity index (χ2n) is 3.20. The SMILES string of the molecule is CCCOc1cc(O)c(C(C)=O)cc1Br. The van der Waals surface area contributed by atoms with Gasteiger partial charge in [0.15, 0.2) is 5.78 Å². The maximum Gasteiger partial charge on any atom is 0.163 e. The molecule has 0 unspecified atom stereocenters. The van der Waals surface area contributed by atoms with Crippen LogP contribution in [0, 0.1) is 0 Å². The van der Waals surface area contributed by atoms with Crippen LogP contribution in [0.5, 0.6) is 11.5 Å². The van der Waals surface area contributed by atoms with Crippen molar-refractivity contribution >= 4 is 21.7 Å². The van der Waals surface area contributed by atoms with E-state index in [-0.39, 0.29) is 11.5 Å². The monoisotopic (exact) mass is 272 g/mol. The van der Waals surface area contributed by atoms with Crippen molar-refractivity contribution in [2.24, 2.45) is 0 Å². The Morgan fingerprint density at radius 2 is 2.20 bits per heavy atom. The third-order valence-electron chi connectivity index (χ3n) is 1.89. The van der Waals surface area contributed by atoms with Gasteiger partial charge in [0.05, 0.1) is 16.6 Å². The van der Waals surface area contributed by atoms with Crippen molar-refractivity contribution in [3.05, 3.63) is 22.2 Å². The van der Waals surface area contributed by atoms with Crippen molar-refractivity contribution in [1.29, 1.82) is 0 Å². The molecule has 0 aliphatic heterocycles. The molecule has 0 saturated carbocycles. The molecule has 0 amide bonds. The van der Waals surface area contributed by atoms with E-state index < -0.39 is 0 Å². The van der Waals surface area contributed by atoms with Crippen LogP contribution in [0.2, 0.25) is 0 Å². The summed E-state index contributed by atoms with van der Waals surface area (Å²) < 4.78 is 6.06. The number of benzene rings is 1. The summed E-state index contributed by atoms with van der Waals surface area (Å²) in [7, 11) is 0. The number of phenolic OH excluding ortho intramolecular Hbond substituents is 1. The number of carbonyl (C=O) groups is 1. The van der Waals surface area contributed by atoms with Gasteiger partial charge in [0.25, 0.3) is 0 Å². The summed E-state index contributed by atoms with van der Waals surface area (Å²) in [6.07, 6.45) is 0.891. The number of halogens is 1. The Kier molecular flexibility index (Phi) is 4.15. The number of ketones is 1. The van der Waals surface area contributed by atoms with E-state index in [0.29, 0.717) is 22.4 Å². The molecule has 0 atom stereocenters. The first kappa shape index (κ1) is 12.0. The molecule has 3 nitrogen and oxygen atoms in total. The van der Waals surface area contributed by atoms with Crippen molar-refractivity contribution in [3.63, 3.8) is 0 Å². The first-order valence-electron chi connectivity index (χ1n) is 4.72. The number of hydrogen-bond donors (Lipinski definition) is 1. The Hall–Kier alpha value is -1.03. The van der Waals surface area contributed by atoms with Crippen molar-refractivity contribution < 1.29 is 14.6 Å². The van der Waals surface area contributed by atoms with Crippen LogP contribution in [-0.4, -0.2) is 17.5 Å². The summed E-state index contributed by atoms with van der Waals surface area (Å²) >= 11 is 3.29. The van der Waals surface area contributed by atoms with Crippen LogP contribution in [0.4, 0.5) is 0 Å². The van der Waals surface area contributed by atoms with Crippen LogP contribution in [0.25, 0.3) is 0 Å².